The third kappa shape index (κ3) is 4.40. The van der Waals surface area contributed by atoms with Gasteiger partial charge in [-0.15, -0.1) is 0 Å². The zero-order valence-corrected chi connectivity index (χ0v) is 16.2. The topological polar surface area (TPSA) is 93.7 Å². The lowest BCUT2D eigenvalue weighted by Gasteiger charge is -2.13. The molecule has 7 nitrogen and oxygen atoms in total. The number of methoxy groups -OCH3 is 2. The Morgan fingerprint density at radius 2 is 1.70 bits per heavy atom. The second-order valence-electron chi connectivity index (χ2n) is 6.38. The van der Waals surface area contributed by atoms with E-state index in [-0.39, 0.29) is 10.9 Å². The maximum atomic E-state index is 12.6. The molecule has 0 bridgehead atoms. The number of ether oxygens (including phenoxy) is 2. The number of benzene rings is 2. The van der Waals surface area contributed by atoms with E-state index in [1.165, 1.54) is 26.4 Å². The number of carbonyl (C=O) groups excluding carboxylic acids is 1. The van der Waals surface area contributed by atoms with Gasteiger partial charge in [-0.05, 0) is 50.1 Å². The van der Waals surface area contributed by atoms with Crippen molar-refractivity contribution < 1.29 is 22.7 Å². The smallest absolute Gasteiger partial charge is 0.255 e. The van der Waals surface area contributed by atoms with E-state index in [0.717, 1.165) is 18.4 Å². The summed E-state index contributed by atoms with van der Waals surface area (Å²) in [6.45, 7) is 1.83. The molecule has 0 saturated heterocycles. The molecule has 8 heteroatoms. The molecule has 1 fully saturated rings. The molecule has 1 amide bonds. The average molecular weight is 390 g/mol. The monoisotopic (exact) mass is 390 g/mol. The van der Waals surface area contributed by atoms with Crippen LogP contribution in [-0.2, 0) is 10.0 Å². The summed E-state index contributed by atoms with van der Waals surface area (Å²) in [5, 5.41) is 2.72. The number of hydrogen-bond acceptors (Lipinski definition) is 5. The van der Waals surface area contributed by atoms with Crippen LogP contribution in [0.5, 0.6) is 11.5 Å². The summed E-state index contributed by atoms with van der Waals surface area (Å²) in [7, 11) is -0.551. The van der Waals surface area contributed by atoms with Crippen LogP contribution in [0.3, 0.4) is 0 Å². The minimum atomic E-state index is -3.59. The average Bonchev–Trinajstić information content (AvgIpc) is 3.45. The van der Waals surface area contributed by atoms with Crippen LogP contribution in [0, 0.1) is 6.92 Å². The largest absolute Gasteiger partial charge is 0.496 e. The highest BCUT2D eigenvalue weighted by Crippen LogP contribution is 2.30. The summed E-state index contributed by atoms with van der Waals surface area (Å²) in [5.74, 6) is 0.672. The minimum Gasteiger partial charge on any atom is -0.496 e. The molecular weight excluding hydrogens is 368 g/mol. The van der Waals surface area contributed by atoms with E-state index in [4.69, 9.17) is 9.47 Å². The van der Waals surface area contributed by atoms with Crippen LogP contribution in [0.1, 0.15) is 28.8 Å². The molecule has 0 aromatic heterocycles. The molecule has 0 atom stereocenters. The Morgan fingerprint density at radius 1 is 1.07 bits per heavy atom. The molecule has 0 radical (unpaired) electrons. The van der Waals surface area contributed by atoms with Gasteiger partial charge in [0.05, 0.1) is 19.1 Å². The molecule has 1 saturated carbocycles. The lowest BCUT2D eigenvalue weighted by atomic mass is 10.1. The Morgan fingerprint density at radius 3 is 2.26 bits per heavy atom. The van der Waals surface area contributed by atoms with Crippen molar-refractivity contribution in [3.05, 3.63) is 47.5 Å². The van der Waals surface area contributed by atoms with E-state index in [1.54, 1.807) is 24.3 Å². The highest BCUT2D eigenvalue weighted by atomic mass is 32.2. The van der Waals surface area contributed by atoms with Crippen LogP contribution in [0.15, 0.2) is 41.3 Å². The van der Waals surface area contributed by atoms with E-state index in [1.807, 2.05) is 6.92 Å². The molecule has 0 unspecified atom stereocenters. The number of amides is 1. The lowest BCUT2D eigenvalue weighted by molar-refractivity contribution is 0.102. The normalized spacial score (nSPS) is 13.9. The van der Waals surface area contributed by atoms with Gasteiger partial charge in [-0.2, -0.15) is 0 Å². The Kier molecular flexibility index (Phi) is 5.38. The van der Waals surface area contributed by atoms with Gasteiger partial charge in [0.15, 0.2) is 0 Å². The van der Waals surface area contributed by atoms with Gasteiger partial charge >= 0.3 is 0 Å². The number of rotatable bonds is 7. The van der Waals surface area contributed by atoms with Gasteiger partial charge in [-0.3, -0.25) is 4.79 Å². The third-order valence-electron chi connectivity index (χ3n) is 4.32. The van der Waals surface area contributed by atoms with E-state index in [2.05, 4.69) is 10.0 Å². The highest BCUT2D eigenvalue weighted by molar-refractivity contribution is 7.89. The predicted octanol–water partition coefficient (Wildman–Crippen LogP) is 2.71. The quantitative estimate of drug-likeness (QED) is 0.758. The van der Waals surface area contributed by atoms with Crippen molar-refractivity contribution in [1.29, 1.82) is 0 Å². The first-order valence-electron chi connectivity index (χ1n) is 8.50. The van der Waals surface area contributed by atoms with E-state index in [9.17, 15) is 13.2 Å². The summed E-state index contributed by atoms with van der Waals surface area (Å²) in [6, 6.07) is 9.40. The second-order valence-corrected chi connectivity index (χ2v) is 8.10. The van der Waals surface area contributed by atoms with Crippen molar-refractivity contribution in [2.75, 3.05) is 19.5 Å². The Balaban J connectivity index is 1.83. The molecule has 1 aliphatic rings. The summed E-state index contributed by atoms with van der Waals surface area (Å²) in [5.41, 5.74) is 1.52. The maximum Gasteiger partial charge on any atom is 0.255 e. The van der Waals surface area contributed by atoms with Gasteiger partial charge in [0.1, 0.15) is 11.5 Å². The number of nitrogens with one attached hydrogen (secondary N) is 2. The molecule has 27 heavy (non-hydrogen) atoms. The molecule has 144 valence electrons. The first-order chi connectivity index (χ1) is 12.8. The molecule has 2 aromatic rings. The molecule has 2 aromatic carbocycles. The zero-order valence-electron chi connectivity index (χ0n) is 15.4. The highest BCUT2D eigenvalue weighted by Gasteiger charge is 2.28. The fourth-order valence-electron chi connectivity index (χ4n) is 2.65. The molecular formula is C19H22N2O5S. The van der Waals surface area contributed by atoms with Crippen LogP contribution >= 0.6 is 0 Å². The zero-order chi connectivity index (χ0) is 19.6. The third-order valence-corrected chi connectivity index (χ3v) is 5.83. The molecule has 0 spiro atoms. The summed E-state index contributed by atoms with van der Waals surface area (Å²) < 4.78 is 37.9. The number of anilines is 1. The Labute approximate surface area is 158 Å². The van der Waals surface area contributed by atoms with Gasteiger partial charge in [0.25, 0.3) is 5.91 Å². The number of sulfonamides is 1. The number of carbonyl (C=O) groups is 1. The van der Waals surface area contributed by atoms with Crippen LogP contribution in [0.4, 0.5) is 5.69 Å². The number of hydrogen-bond donors (Lipinski definition) is 2. The standard InChI is InChI=1S/C19H22N2O5S/c1-12-17(25-2)9-13(10-18(12)26-3)19(22)20-15-5-4-6-16(11-15)27(23,24)21-14-7-8-14/h4-6,9-11,14,21H,7-8H2,1-3H3,(H,20,22). The van der Waals surface area contributed by atoms with Gasteiger partial charge in [-0.25, -0.2) is 13.1 Å². The molecule has 2 N–H and O–H groups in total. The summed E-state index contributed by atoms with van der Waals surface area (Å²) in [6.07, 6.45) is 1.71. The lowest BCUT2D eigenvalue weighted by Crippen LogP contribution is -2.25. The van der Waals surface area contributed by atoms with Crippen LogP contribution in [0.2, 0.25) is 0 Å². The van der Waals surface area contributed by atoms with Crippen molar-refractivity contribution in [1.82, 2.24) is 4.72 Å². The maximum absolute atomic E-state index is 12.6. The van der Waals surface area contributed by atoms with Crippen molar-refractivity contribution in [2.24, 2.45) is 0 Å². The van der Waals surface area contributed by atoms with Crippen molar-refractivity contribution in [3.63, 3.8) is 0 Å². The van der Waals surface area contributed by atoms with Crippen LogP contribution < -0.4 is 19.5 Å². The van der Waals surface area contributed by atoms with Crippen LogP contribution in [-0.4, -0.2) is 34.6 Å². The van der Waals surface area contributed by atoms with E-state index in [0.29, 0.717) is 22.7 Å². The fraction of sp³-hybridized carbons (Fsp3) is 0.316. The van der Waals surface area contributed by atoms with Gasteiger partial charge in [0, 0.05) is 22.9 Å². The SMILES string of the molecule is COc1cc(C(=O)Nc2cccc(S(=O)(=O)NC3CC3)c2)cc(OC)c1C. The van der Waals surface area contributed by atoms with Crippen molar-refractivity contribution >= 4 is 21.6 Å². The molecule has 0 heterocycles. The fourth-order valence-corrected chi connectivity index (χ4v) is 4.00. The van der Waals surface area contributed by atoms with Gasteiger partial charge in [-0.1, -0.05) is 6.07 Å². The summed E-state index contributed by atoms with van der Waals surface area (Å²) in [4.78, 5) is 12.7. The van der Waals surface area contributed by atoms with E-state index >= 15 is 0 Å². The first kappa shape index (κ1) is 19.2. The molecule has 0 aliphatic heterocycles. The van der Waals surface area contributed by atoms with Crippen LogP contribution in [0.25, 0.3) is 0 Å². The predicted molar refractivity (Wildman–Crippen MR) is 102 cm³/mol. The Hall–Kier alpha value is -2.58. The minimum absolute atomic E-state index is 0.0146. The van der Waals surface area contributed by atoms with Gasteiger partial charge < -0.3 is 14.8 Å². The second kappa shape index (κ2) is 7.58. The summed E-state index contributed by atoms with van der Waals surface area (Å²) >= 11 is 0. The van der Waals surface area contributed by atoms with E-state index < -0.39 is 15.9 Å². The Bertz CT molecular complexity index is 943. The van der Waals surface area contributed by atoms with Crippen molar-refractivity contribution in [3.8, 4) is 11.5 Å². The van der Waals surface area contributed by atoms with Gasteiger partial charge in [0.2, 0.25) is 10.0 Å². The molecule has 1 aliphatic carbocycles. The molecule has 3 rings (SSSR count). The van der Waals surface area contributed by atoms with Crippen molar-refractivity contribution in [2.45, 2.75) is 30.7 Å². The first-order valence-corrected chi connectivity index (χ1v) is 9.98.